The zero-order chi connectivity index (χ0) is 23.2. The van der Waals surface area contributed by atoms with E-state index in [0.717, 1.165) is 16.8 Å². The Morgan fingerprint density at radius 1 is 0.879 bits per heavy atom. The molecule has 33 heavy (non-hydrogen) atoms. The summed E-state index contributed by atoms with van der Waals surface area (Å²) in [5.74, 6) is -0.555. The molecule has 4 aromatic rings. The quantitative estimate of drug-likeness (QED) is 0.323. The Kier molecular flexibility index (Phi) is 6.64. The molecular formula is C27H25N3O3. The third-order valence-electron chi connectivity index (χ3n) is 5.33. The van der Waals surface area contributed by atoms with Crippen LogP contribution in [0.3, 0.4) is 0 Å². The molecule has 1 amide bonds. The van der Waals surface area contributed by atoms with Crippen LogP contribution in [-0.2, 0) is 17.9 Å². The number of aromatic nitrogens is 2. The van der Waals surface area contributed by atoms with Crippen molar-refractivity contribution in [2.45, 2.75) is 27.0 Å². The highest BCUT2D eigenvalue weighted by Gasteiger charge is 2.24. The third kappa shape index (κ3) is 5.18. The summed E-state index contributed by atoms with van der Waals surface area (Å²) in [6.07, 6.45) is 0. The van der Waals surface area contributed by atoms with Gasteiger partial charge in [-0.25, -0.2) is 4.68 Å². The molecule has 0 unspecified atom stereocenters. The summed E-state index contributed by atoms with van der Waals surface area (Å²) >= 11 is 0. The highest BCUT2D eigenvalue weighted by atomic mass is 16.5. The van der Waals surface area contributed by atoms with Gasteiger partial charge in [0.15, 0.2) is 0 Å². The largest absolute Gasteiger partial charge is 0.489 e. The van der Waals surface area contributed by atoms with Crippen molar-refractivity contribution in [2.75, 3.05) is 0 Å². The molecule has 6 heteroatoms. The number of rotatable bonds is 8. The normalized spacial score (nSPS) is 10.6. The van der Waals surface area contributed by atoms with Crippen LogP contribution in [0.2, 0.25) is 0 Å². The SMILES string of the molecule is Cc1nn(-c2ccccc2)c(C)c1C(=O)C(=O)NCc1cccc(OCc2ccccc2)c1. The van der Waals surface area contributed by atoms with Gasteiger partial charge in [-0.15, -0.1) is 0 Å². The molecule has 3 aromatic carbocycles. The Morgan fingerprint density at radius 3 is 2.27 bits per heavy atom. The minimum Gasteiger partial charge on any atom is -0.489 e. The number of amides is 1. The topological polar surface area (TPSA) is 73.2 Å². The van der Waals surface area contributed by atoms with Gasteiger partial charge in [-0.2, -0.15) is 5.10 Å². The van der Waals surface area contributed by atoms with E-state index in [1.54, 1.807) is 18.5 Å². The maximum atomic E-state index is 12.9. The first kappa shape index (κ1) is 22.0. The smallest absolute Gasteiger partial charge is 0.292 e. The third-order valence-corrected chi connectivity index (χ3v) is 5.33. The number of carbonyl (C=O) groups is 2. The van der Waals surface area contributed by atoms with Crippen LogP contribution in [0.1, 0.15) is 32.9 Å². The number of nitrogens with one attached hydrogen (secondary N) is 1. The van der Waals surface area contributed by atoms with E-state index in [4.69, 9.17) is 4.74 Å². The molecule has 0 bridgehead atoms. The summed E-state index contributed by atoms with van der Waals surface area (Å²) < 4.78 is 7.53. The average molecular weight is 440 g/mol. The molecule has 0 fully saturated rings. The van der Waals surface area contributed by atoms with E-state index in [2.05, 4.69) is 10.4 Å². The van der Waals surface area contributed by atoms with Gasteiger partial charge in [0, 0.05) is 6.54 Å². The molecule has 0 saturated heterocycles. The van der Waals surface area contributed by atoms with Crippen LogP contribution >= 0.6 is 0 Å². The zero-order valence-electron chi connectivity index (χ0n) is 18.6. The molecule has 0 radical (unpaired) electrons. The molecule has 6 nitrogen and oxygen atoms in total. The monoisotopic (exact) mass is 439 g/mol. The maximum absolute atomic E-state index is 12.9. The summed E-state index contributed by atoms with van der Waals surface area (Å²) in [7, 11) is 0. The van der Waals surface area contributed by atoms with E-state index >= 15 is 0 Å². The Hall–Kier alpha value is -4.19. The standard InChI is InChI=1S/C27H25N3O3/c1-19-25(20(2)30(29-19)23-13-7-4-8-14-23)26(31)27(32)28-17-22-12-9-15-24(16-22)33-18-21-10-5-3-6-11-21/h3-16H,17-18H2,1-2H3,(H,28,32). The molecule has 1 heterocycles. The Labute approximate surface area is 192 Å². The van der Waals surface area contributed by atoms with Crippen molar-refractivity contribution < 1.29 is 14.3 Å². The van der Waals surface area contributed by atoms with Crippen molar-refractivity contribution >= 4 is 11.7 Å². The first-order valence-electron chi connectivity index (χ1n) is 10.7. The van der Waals surface area contributed by atoms with Crippen LogP contribution in [0, 0.1) is 13.8 Å². The van der Waals surface area contributed by atoms with Gasteiger partial charge in [0.1, 0.15) is 12.4 Å². The van der Waals surface area contributed by atoms with Gasteiger partial charge in [0.05, 0.1) is 22.6 Å². The molecule has 0 aliphatic rings. The van der Waals surface area contributed by atoms with Gasteiger partial charge >= 0.3 is 0 Å². The summed E-state index contributed by atoms with van der Waals surface area (Å²) in [5.41, 5.74) is 4.24. The Morgan fingerprint density at radius 2 is 1.55 bits per heavy atom. The van der Waals surface area contributed by atoms with Crippen LogP contribution in [0.5, 0.6) is 5.75 Å². The van der Waals surface area contributed by atoms with E-state index < -0.39 is 11.7 Å². The molecule has 0 atom stereocenters. The second-order valence-electron chi connectivity index (χ2n) is 7.73. The van der Waals surface area contributed by atoms with Crippen molar-refractivity contribution in [2.24, 2.45) is 0 Å². The van der Waals surface area contributed by atoms with Gasteiger partial charge in [0.2, 0.25) is 0 Å². The molecule has 0 saturated carbocycles. The molecule has 4 rings (SSSR count). The number of aryl methyl sites for hydroxylation is 1. The first-order valence-corrected chi connectivity index (χ1v) is 10.7. The fraction of sp³-hybridized carbons (Fsp3) is 0.148. The predicted molar refractivity (Wildman–Crippen MR) is 126 cm³/mol. The number of ketones is 1. The molecular weight excluding hydrogens is 414 g/mol. The number of para-hydroxylation sites is 1. The number of nitrogens with zero attached hydrogens (tertiary/aromatic N) is 2. The number of carbonyl (C=O) groups excluding carboxylic acids is 2. The molecule has 1 aromatic heterocycles. The van der Waals surface area contributed by atoms with Crippen molar-refractivity contribution in [3.63, 3.8) is 0 Å². The minimum atomic E-state index is -0.663. The molecule has 166 valence electrons. The zero-order valence-corrected chi connectivity index (χ0v) is 18.6. The lowest BCUT2D eigenvalue weighted by atomic mass is 10.1. The number of benzene rings is 3. The number of hydrogen-bond acceptors (Lipinski definition) is 4. The average Bonchev–Trinajstić information content (AvgIpc) is 3.16. The van der Waals surface area contributed by atoms with Crippen LogP contribution in [0.25, 0.3) is 5.69 Å². The second kappa shape index (κ2) is 9.96. The van der Waals surface area contributed by atoms with E-state index in [1.165, 1.54) is 0 Å². The Balaban J connectivity index is 1.40. The predicted octanol–water partition coefficient (Wildman–Crippen LogP) is 4.57. The Bertz CT molecular complexity index is 1260. The lowest BCUT2D eigenvalue weighted by Crippen LogP contribution is -2.31. The number of ether oxygens (including phenoxy) is 1. The fourth-order valence-electron chi connectivity index (χ4n) is 3.65. The lowest BCUT2D eigenvalue weighted by molar-refractivity contribution is -0.117. The first-order chi connectivity index (χ1) is 16.0. The summed E-state index contributed by atoms with van der Waals surface area (Å²) in [6, 6.07) is 26.9. The van der Waals surface area contributed by atoms with E-state index in [9.17, 15) is 9.59 Å². The minimum absolute atomic E-state index is 0.220. The van der Waals surface area contributed by atoms with Gasteiger partial charge in [-0.1, -0.05) is 60.7 Å². The summed E-state index contributed by atoms with van der Waals surface area (Å²) in [4.78, 5) is 25.5. The van der Waals surface area contributed by atoms with Crippen LogP contribution in [-0.4, -0.2) is 21.5 Å². The molecule has 0 aliphatic carbocycles. The molecule has 0 aliphatic heterocycles. The fourth-order valence-corrected chi connectivity index (χ4v) is 3.65. The van der Waals surface area contributed by atoms with Gasteiger partial charge in [-0.3, -0.25) is 9.59 Å². The van der Waals surface area contributed by atoms with E-state index in [-0.39, 0.29) is 6.54 Å². The number of hydrogen-bond donors (Lipinski definition) is 1. The van der Waals surface area contributed by atoms with Gasteiger partial charge < -0.3 is 10.1 Å². The highest BCUT2D eigenvalue weighted by molar-refractivity contribution is 6.43. The van der Waals surface area contributed by atoms with Crippen molar-refractivity contribution in [1.82, 2.24) is 15.1 Å². The second-order valence-corrected chi connectivity index (χ2v) is 7.73. The van der Waals surface area contributed by atoms with E-state index in [1.807, 2.05) is 84.9 Å². The number of Topliss-reactive ketones (excluding diaryl/α,β-unsaturated/α-hetero) is 1. The van der Waals surface area contributed by atoms with Crippen molar-refractivity contribution in [3.8, 4) is 11.4 Å². The molecule has 1 N–H and O–H groups in total. The van der Waals surface area contributed by atoms with Crippen molar-refractivity contribution in [3.05, 3.63) is 113 Å². The summed E-state index contributed by atoms with van der Waals surface area (Å²) in [6.45, 7) is 4.21. The summed E-state index contributed by atoms with van der Waals surface area (Å²) in [5, 5.41) is 7.18. The maximum Gasteiger partial charge on any atom is 0.292 e. The van der Waals surface area contributed by atoms with E-state index in [0.29, 0.717) is 29.3 Å². The van der Waals surface area contributed by atoms with Crippen LogP contribution in [0.4, 0.5) is 0 Å². The molecule has 0 spiro atoms. The lowest BCUT2D eigenvalue weighted by Gasteiger charge is -2.09. The van der Waals surface area contributed by atoms with Gasteiger partial charge in [0.25, 0.3) is 11.7 Å². The van der Waals surface area contributed by atoms with Gasteiger partial charge in [-0.05, 0) is 49.2 Å². The van der Waals surface area contributed by atoms with Crippen LogP contribution < -0.4 is 10.1 Å². The van der Waals surface area contributed by atoms with Crippen LogP contribution in [0.15, 0.2) is 84.9 Å². The van der Waals surface area contributed by atoms with Crippen molar-refractivity contribution in [1.29, 1.82) is 0 Å². The highest BCUT2D eigenvalue weighted by Crippen LogP contribution is 2.19.